The van der Waals surface area contributed by atoms with Gasteiger partial charge in [-0.1, -0.05) is 144 Å². The first-order valence-corrected chi connectivity index (χ1v) is 35.3. The van der Waals surface area contributed by atoms with Gasteiger partial charge in [-0.25, -0.2) is 30.0 Å². The van der Waals surface area contributed by atoms with Gasteiger partial charge < -0.3 is 19.7 Å². The SMILES string of the molecule is CC(C)(C)c1ccc2c(c1)C1=NC2=Nc2c3cc(C(C)(C)C)ccc3c3n2[Si](O[Si](C)(C)CCCCN)(O[Si](C)(C)CCCCN)n2c(c4ccc(C(C)(C)C)cc4c2=NC2=NC(=N3)c3cc(C(C)(C)C)ccc32)=N1. The molecule has 6 heterocycles. The Bertz CT molecular complexity index is 3560. The van der Waals surface area contributed by atoms with Gasteiger partial charge in [-0.3, -0.25) is 8.47 Å². The highest BCUT2D eigenvalue weighted by Crippen LogP contribution is 2.47. The summed E-state index contributed by atoms with van der Waals surface area (Å²) in [5, 5.41) is 3.73. The highest BCUT2D eigenvalue weighted by Gasteiger charge is 2.58. The molecule has 0 saturated carbocycles. The van der Waals surface area contributed by atoms with Gasteiger partial charge in [0.15, 0.2) is 40.0 Å². The van der Waals surface area contributed by atoms with Crippen molar-refractivity contribution in [1.82, 2.24) is 8.47 Å². The van der Waals surface area contributed by atoms with Crippen LogP contribution in [0.5, 0.6) is 0 Å². The van der Waals surface area contributed by atoms with Crippen molar-refractivity contribution in [3.8, 4) is 0 Å². The van der Waals surface area contributed by atoms with Crippen LogP contribution in [-0.2, 0) is 29.9 Å². The van der Waals surface area contributed by atoms with Crippen molar-refractivity contribution in [2.24, 2.45) is 41.4 Å². The highest BCUT2D eigenvalue weighted by atomic mass is 28.5. The van der Waals surface area contributed by atoms with Gasteiger partial charge in [0.25, 0.3) is 0 Å². The van der Waals surface area contributed by atoms with Gasteiger partial charge in [0.2, 0.25) is 0 Å². The average molecular weight is 1060 g/mol. The highest BCUT2D eigenvalue weighted by molar-refractivity contribution is 6.88. The van der Waals surface area contributed by atoms with Gasteiger partial charge >= 0.3 is 8.88 Å². The zero-order valence-corrected chi connectivity index (χ0v) is 50.6. The van der Waals surface area contributed by atoms with E-state index in [2.05, 4.69) is 191 Å². The molecule has 10 rings (SSSR count). The van der Waals surface area contributed by atoms with Gasteiger partial charge in [0.1, 0.15) is 22.6 Å². The van der Waals surface area contributed by atoms with Gasteiger partial charge in [0.05, 0.1) is 0 Å². The molecule has 0 aliphatic carbocycles. The molecule has 15 heteroatoms. The van der Waals surface area contributed by atoms with Crippen LogP contribution in [0.1, 0.15) is 153 Å². The molecule has 0 spiro atoms. The first-order chi connectivity index (χ1) is 35.0. The lowest BCUT2D eigenvalue weighted by Crippen LogP contribution is -2.70. The monoisotopic (exact) mass is 1060 g/mol. The molecule has 394 valence electrons. The van der Waals surface area contributed by atoms with Crippen LogP contribution >= 0.6 is 0 Å². The van der Waals surface area contributed by atoms with Crippen molar-refractivity contribution >= 4 is 82.0 Å². The maximum absolute atomic E-state index is 8.52. The number of nitrogens with two attached hydrogens (primary N) is 2. The number of fused-ring (bicyclic) bond motifs is 14. The topological polar surface area (TPSA) is 155 Å². The van der Waals surface area contributed by atoms with E-state index in [-0.39, 0.29) is 21.7 Å². The third-order valence-corrected chi connectivity index (χ3v) is 27.1. The van der Waals surface area contributed by atoms with Crippen molar-refractivity contribution in [3.63, 3.8) is 0 Å². The number of amidine groups is 4. The molecule has 4 aliphatic heterocycles. The summed E-state index contributed by atoms with van der Waals surface area (Å²) in [7, 11) is -10.0. The second kappa shape index (κ2) is 18.4. The molecule has 4 N–H and O–H groups in total. The lowest BCUT2D eigenvalue weighted by atomic mass is 9.85. The summed E-state index contributed by atoms with van der Waals surface area (Å²) in [6.45, 7) is 37.7. The van der Waals surface area contributed by atoms with E-state index in [1.54, 1.807) is 0 Å². The second-order valence-electron chi connectivity index (χ2n) is 26.7. The Hall–Kier alpha value is -5.27. The molecule has 0 amide bonds. The lowest BCUT2D eigenvalue weighted by Gasteiger charge is -2.43. The summed E-state index contributed by atoms with van der Waals surface area (Å²) in [5.41, 5.74) is 21.6. The second-order valence-corrected chi connectivity index (χ2v) is 38.4. The minimum Gasteiger partial charge on any atom is -0.404 e. The summed E-state index contributed by atoms with van der Waals surface area (Å²) in [4.78, 5) is 34.6. The van der Waals surface area contributed by atoms with Crippen LogP contribution in [0.15, 0.2) is 103 Å². The van der Waals surface area contributed by atoms with Crippen molar-refractivity contribution in [1.29, 1.82) is 0 Å². The minimum absolute atomic E-state index is 0.137. The molecule has 2 aromatic heterocycles. The van der Waals surface area contributed by atoms with Crippen LogP contribution in [0.3, 0.4) is 0 Å². The summed E-state index contributed by atoms with van der Waals surface area (Å²) < 4.78 is 21.7. The molecule has 0 fully saturated rings. The third kappa shape index (κ3) is 9.58. The first-order valence-electron chi connectivity index (χ1n) is 27.3. The van der Waals surface area contributed by atoms with Crippen LogP contribution in [0.25, 0.3) is 21.5 Å². The van der Waals surface area contributed by atoms with Crippen LogP contribution in [0.2, 0.25) is 38.3 Å². The summed E-state index contributed by atoms with van der Waals surface area (Å²) in [6.07, 6.45) is 3.63. The molecular weight excluding hydrogens is 977 g/mol. The van der Waals surface area contributed by atoms with Gasteiger partial charge in [-0.15, -0.1) is 0 Å². The molecule has 4 aromatic carbocycles. The molecule has 6 aromatic rings. The Morgan fingerprint density at radius 3 is 1.25 bits per heavy atom. The maximum Gasteiger partial charge on any atom is 0.582 e. The Labute approximate surface area is 448 Å². The van der Waals surface area contributed by atoms with Crippen molar-refractivity contribution in [3.05, 3.63) is 128 Å². The molecule has 6 bridgehead atoms. The number of nitrogens with zero attached hydrogens (tertiary/aromatic N) is 8. The number of aromatic nitrogens is 2. The number of unbranched alkanes of at least 4 members (excludes halogenated alkanes) is 2. The average Bonchev–Trinajstić information content (AvgIpc) is 4.04. The number of benzene rings is 4. The van der Waals surface area contributed by atoms with E-state index < -0.39 is 25.5 Å². The van der Waals surface area contributed by atoms with E-state index in [0.717, 1.165) is 81.6 Å². The van der Waals surface area contributed by atoms with Crippen molar-refractivity contribution in [2.75, 3.05) is 13.1 Å². The Balaban J connectivity index is 1.52. The van der Waals surface area contributed by atoms with E-state index in [1.165, 1.54) is 22.3 Å². The Kier molecular flexibility index (Phi) is 13.1. The van der Waals surface area contributed by atoms with Crippen molar-refractivity contribution in [2.45, 2.75) is 169 Å². The summed E-state index contributed by atoms with van der Waals surface area (Å²) >= 11 is 0. The maximum atomic E-state index is 8.52. The lowest BCUT2D eigenvalue weighted by molar-refractivity contribution is 0.333. The fraction of sp³-hybridized carbons (Fsp3) is 0.467. The molecule has 0 saturated heterocycles. The van der Waals surface area contributed by atoms with Crippen LogP contribution in [0, 0.1) is 0 Å². The number of hydrogen-bond acceptors (Lipinski definition) is 10. The largest absolute Gasteiger partial charge is 0.582 e. The molecule has 0 atom stereocenters. The predicted molar refractivity (Wildman–Crippen MR) is 319 cm³/mol. The fourth-order valence-electron chi connectivity index (χ4n) is 10.9. The van der Waals surface area contributed by atoms with Crippen molar-refractivity contribution < 1.29 is 8.23 Å². The van der Waals surface area contributed by atoms with Gasteiger partial charge in [-0.2, -0.15) is 0 Å². The minimum atomic E-state index is -4.43. The number of aliphatic imine (C=N–C) groups is 4. The smallest absolute Gasteiger partial charge is 0.404 e. The van der Waals surface area contributed by atoms with Crippen LogP contribution in [-0.4, -0.2) is 70.4 Å². The van der Waals surface area contributed by atoms with Crippen LogP contribution < -0.4 is 22.4 Å². The van der Waals surface area contributed by atoms with E-state index >= 15 is 0 Å². The Morgan fingerprint density at radius 2 is 0.787 bits per heavy atom. The van der Waals surface area contributed by atoms with E-state index in [1.807, 2.05) is 0 Å². The van der Waals surface area contributed by atoms with E-state index in [9.17, 15) is 0 Å². The van der Waals surface area contributed by atoms with Crippen LogP contribution in [0.4, 0.5) is 11.6 Å². The van der Waals surface area contributed by atoms with Gasteiger partial charge in [-0.05, 0) is 132 Å². The number of hydrogen-bond donors (Lipinski definition) is 2. The fourth-order valence-corrected chi connectivity index (χ4v) is 23.7. The normalized spacial score (nSPS) is 16.2. The molecule has 4 aliphatic rings. The van der Waals surface area contributed by atoms with E-state index in [0.29, 0.717) is 59.0 Å². The third-order valence-electron chi connectivity index (χ3n) is 15.4. The molecule has 12 nitrogen and oxygen atoms in total. The zero-order valence-electron chi connectivity index (χ0n) is 47.6. The molecule has 0 radical (unpaired) electrons. The summed E-state index contributed by atoms with van der Waals surface area (Å²) in [5.74, 6) is 3.73. The standard InChI is InChI=1S/C60H80N10O2Si3/c1-57(2,3)37-21-25-41-45(33-37)51-63-49(41)65-55-48-36-40(60(10,11)12)24-28-44(48)54-68-52-46-34-38(58(4,5)6)22-26-42(46)50(64-52)66-56-47-35-39(59(7,8)9)23-27-43(47)53(67-51)69(56)75(70(54)55,71-73(13,14)31-19-17-29-61)72-74(15,16)32-20-18-30-62/h21-28,33-36H,17-20,29-32,61-62H2,1-16H3. The molecule has 0 unspecified atom stereocenters. The predicted octanol–water partition coefficient (Wildman–Crippen LogP) is 12.5. The zero-order chi connectivity index (χ0) is 54.0. The first kappa shape index (κ1) is 53.1. The van der Waals surface area contributed by atoms with E-state index in [4.69, 9.17) is 49.7 Å². The molecule has 75 heavy (non-hydrogen) atoms. The number of rotatable bonds is 12. The summed E-state index contributed by atoms with van der Waals surface area (Å²) in [6, 6.07) is 28.7. The molecular formula is C60H80N10O2Si3. The quantitative estimate of drug-likeness (QED) is 0.0925. The van der Waals surface area contributed by atoms with Gasteiger partial charge in [0, 0.05) is 43.8 Å². The Morgan fingerprint density at radius 1 is 0.413 bits per heavy atom.